The zero-order valence-electron chi connectivity index (χ0n) is 15.0. The maximum Gasteiger partial charge on any atom is 0.414 e. The van der Waals surface area contributed by atoms with Crippen LogP contribution in [0.3, 0.4) is 0 Å². The standard InChI is InChI=1S/C19H25N3O2/c1-13-6-9-17(22(11-13)18(23)24-19(2,3)4)14-7-8-16-15(10-14)12-21(5)20-16/h7-10,12-13H,6,11H2,1-5H3. The quantitative estimate of drug-likeness (QED) is 0.789. The Morgan fingerprint density at radius 3 is 2.79 bits per heavy atom. The van der Waals surface area contributed by atoms with Crippen molar-refractivity contribution in [2.45, 2.75) is 39.7 Å². The summed E-state index contributed by atoms with van der Waals surface area (Å²) in [4.78, 5) is 14.4. The second-order valence-corrected chi connectivity index (χ2v) is 7.60. The molecule has 1 amide bonds. The third-order valence-corrected chi connectivity index (χ3v) is 4.03. The van der Waals surface area contributed by atoms with Crippen molar-refractivity contribution in [1.82, 2.24) is 14.7 Å². The third-order valence-electron chi connectivity index (χ3n) is 4.03. The Bertz CT molecular complexity index is 799. The minimum Gasteiger partial charge on any atom is -0.443 e. The van der Waals surface area contributed by atoms with Gasteiger partial charge in [-0.25, -0.2) is 4.79 Å². The first-order valence-electron chi connectivity index (χ1n) is 8.37. The van der Waals surface area contributed by atoms with Gasteiger partial charge in [0, 0.05) is 25.2 Å². The van der Waals surface area contributed by atoms with E-state index in [4.69, 9.17) is 4.74 Å². The molecule has 1 unspecified atom stereocenters. The molecule has 0 N–H and O–H groups in total. The van der Waals surface area contributed by atoms with E-state index in [1.165, 1.54) is 0 Å². The minimum absolute atomic E-state index is 0.286. The highest BCUT2D eigenvalue weighted by Crippen LogP contribution is 2.30. The molecular formula is C19H25N3O2. The van der Waals surface area contributed by atoms with Crippen LogP contribution in [0.15, 0.2) is 30.5 Å². The van der Waals surface area contributed by atoms with Crippen molar-refractivity contribution in [1.29, 1.82) is 0 Å². The Hall–Kier alpha value is -2.30. The summed E-state index contributed by atoms with van der Waals surface area (Å²) in [6.07, 6.45) is 4.80. The first-order chi connectivity index (χ1) is 11.2. The molecule has 1 atom stereocenters. The average molecular weight is 327 g/mol. The van der Waals surface area contributed by atoms with Crippen LogP contribution in [0.2, 0.25) is 0 Å². The minimum atomic E-state index is -0.504. The molecule has 0 spiro atoms. The van der Waals surface area contributed by atoms with Gasteiger partial charge in [-0.05, 0) is 50.8 Å². The fraction of sp³-hybridized carbons (Fsp3) is 0.474. The summed E-state index contributed by atoms with van der Waals surface area (Å²) in [7, 11) is 1.91. The van der Waals surface area contributed by atoms with E-state index < -0.39 is 5.60 Å². The topological polar surface area (TPSA) is 47.4 Å². The number of benzene rings is 1. The van der Waals surface area contributed by atoms with Gasteiger partial charge in [-0.15, -0.1) is 0 Å². The van der Waals surface area contributed by atoms with Crippen molar-refractivity contribution >= 4 is 22.7 Å². The summed E-state index contributed by atoms with van der Waals surface area (Å²) in [5.41, 5.74) is 2.40. The van der Waals surface area contributed by atoms with Gasteiger partial charge in [-0.3, -0.25) is 9.58 Å². The van der Waals surface area contributed by atoms with Crippen LogP contribution < -0.4 is 0 Å². The van der Waals surface area contributed by atoms with Crippen LogP contribution in [0.5, 0.6) is 0 Å². The first-order valence-corrected chi connectivity index (χ1v) is 8.37. The molecule has 5 nitrogen and oxygen atoms in total. The predicted molar refractivity (Wildman–Crippen MR) is 95.4 cm³/mol. The number of nitrogens with zero attached hydrogens (tertiary/aromatic N) is 3. The Balaban J connectivity index is 1.96. The smallest absolute Gasteiger partial charge is 0.414 e. The molecule has 2 aromatic rings. The number of ether oxygens (including phenoxy) is 1. The van der Waals surface area contributed by atoms with Gasteiger partial charge in [-0.1, -0.05) is 19.1 Å². The summed E-state index contributed by atoms with van der Waals surface area (Å²) in [6, 6.07) is 6.10. The molecule has 24 heavy (non-hydrogen) atoms. The van der Waals surface area contributed by atoms with Gasteiger partial charge in [0.15, 0.2) is 0 Å². The van der Waals surface area contributed by atoms with Crippen LogP contribution in [-0.2, 0) is 11.8 Å². The Kier molecular flexibility index (Phi) is 4.11. The van der Waals surface area contributed by atoms with E-state index in [-0.39, 0.29) is 6.09 Å². The Labute approximate surface area is 142 Å². The molecule has 1 aliphatic rings. The molecule has 0 aliphatic carbocycles. The molecule has 0 fully saturated rings. The SMILES string of the molecule is CC1CC=C(c2ccc3nn(C)cc3c2)N(C(=O)OC(C)(C)C)C1. The maximum atomic E-state index is 12.7. The summed E-state index contributed by atoms with van der Waals surface area (Å²) in [6.45, 7) is 8.50. The Morgan fingerprint density at radius 1 is 1.33 bits per heavy atom. The lowest BCUT2D eigenvalue weighted by molar-refractivity contribution is 0.0327. The molecule has 2 heterocycles. The Morgan fingerprint density at radius 2 is 2.08 bits per heavy atom. The van der Waals surface area contributed by atoms with Crippen LogP contribution in [0.25, 0.3) is 16.6 Å². The highest BCUT2D eigenvalue weighted by molar-refractivity contribution is 5.87. The van der Waals surface area contributed by atoms with E-state index in [0.29, 0.717) is 12.5 Å². The molecule has 5 heteroatoms. The molecule has 128 valence electrons. The molecule has 1 aromatic heterocycles. The molecule has 1 aromatic carbocycles. The van der Waals surface area contributed by atoms with Crippen LogP contribution >= 0.6 is 0 Å². The highest BCUT2D eigenvalue weighted by atomic mass is 16.6. The molecular weight excluding hydrogens is 302 g/mol. The van der Waals surface area contributed by atoms with Crippen LogP contribution in [0.4, 0.5) is 4.79 Å². The zero-order valence-corrected chi connectivity index (χ0v) is 15.0. The van der Waals surface area contributed by atoms with Crippen molar-refractivity contribution in [2.75, 3.05) is 6.54 Å². The lowest BCUT2D eigenvalue weighted by atomic mass is 9.98. The molecule has 3 rings (SSSR count). The summed E-state index contributed by atoms with van der Waals surface area (Å²) >= 11 is 0. The maximum absolute atomic E-state index is 12.7. The summed E-state index contributed by atoms with van der Waals surface area (Å²) < 4.78 is 7.40. The average Bonchev–Trinajstić information content (AvgIpc) is 2.84. The first kappa shape index (κ1) is 16.6. The van der Waals surface area contributed by atoms with Crippen molar-refractivity contribution in [3.8, 4) is 0 Å². The molecule has 0 saturated carbocycles. The number of aromatic nitrogens is 2. The van der Waals surface area contributed by atoms with Gasteiger partial charge in [0.25, 0.3) is 0 Å². The second kappa shape index (κ2) is 5.96. The molecule has 0 saturated heterocycles. The second-order valence-electron chi connectivity index (χ2n) is 7.60. The number of amides is 1. The number of aryl methyl sites for hydroxylation is 1. The van der Waals surface area contributed by atoms with Gasteiger partial charge in [-0.2, -0.15) is 5.10 Å². The number of fused-ring (bicyclic) bond motifs is 1. The molecule has 0 radical (unpaired) electrons. The fourth-order valence-corrected chi connectivity index (χ4v) is 2.98. The normalized spacial score (nSPS) is 18.6. The lowest BCUT2D eigenvalue weighted by Gasteiger charge is -2.33. The lowest BCUT2D eigenvalue weighted by Crippen LogP contribution is -2.39. The van der Waals surface area contributed by atoms with Crippen molar-refractivity contribution in [3.63, 3.8) is 0 Å². The van der Waals surface area contributed by atoms with Crippen LogP contribution in [-0.4, -0.2) is 32.9 Å². The number of hydrogen-bond donors (Lipinski definition) is 0. The monoisotopic (exact) mass is 327 g/mol. The zero-order chi connectivity index (χ0) is 17.5. The van der Waals surface area contributed by atoms with Gasteiger partial charge >= 0.3 is 6.09 Å². The summed E-state index contributed by atoms with van der Waals surface area (Å²) in [5, 5.41) is 5.47. The predicted octanol–water partition coefficient (Wildman–Crippen LogP) is 4.19. The third kappa shape index (κ3) is 3.45. The van der Waals surface area contributed by atoms with Crippen molar-refractivity contribution in [3.05, 3.63) is 36.0 Å². The van der Waals surface area contributed by atoms with E-state index >= 15 is 0 Å². The highest BCUT2D eigenvalue weighted by Gasteiger charge is 2.29. The summed E-state index contributed by atoms with van der Waals surface area (Å²) in [5.74, 6) is 0.420. The number of carbonyl (C=O) groups is 1. The largest absolute Gasteiger partial charge is 0.443 e. The van der Waals surface area contributed by atoms with Gasteiger partial charge in [0.05, 0.1) is 11.2 Å². The van der Waals surface area contributed by atoms with Crippen LogP contribution in [0.1, 0.15) is 39.7 Å². The van der Waals surface area contributed by atoms with Crippen LogP contribution in [0, 0.1) is 5.92 Å². The van der Waals surface area contributed by atoms with E-state index in [0.717, 1.165) is 28.6 Å². The fourth-order valence-electron chi connectivity index (χ4n) is 2.98. The van der Waals surface area contributed by atoms with Gasteiger partial charge < -0.3 is 4.74 Å². The molecule has 1 aliphatic heterocycles. The van der Waals surface area contributed by atoms with Crippen molar-refractivity contribution < 1.29 is 9.53 Å². The molecule has 0 bridgehead atoms. The van der Waals surface area contributed by atoms with E-state index in [1.807, 2.05) is 46.1 Å². The van der Waals surface area contributed by atoms with Gasteiger partial charge in [0.2, 0.25) is 0 Å². The van der Waals surface area contributed by atoms with Gasteiger partial charge in [0.1, 0.15) is 5.60 Å². The number of allylic oxidation sites excluding steroid dienone is 1. The number of carbonyl (C=O) groups excluding carboxylic acids is 1. The van der Waals surface area contributed by atoms with E-state index in [1.54, 1.807) is 9.58 Å². The van der Waals surface area contributed by atoms with E-state index in [2.05, 4.69) is 24.2 Å². The van der Waals surface area contributed by atoms with E-state index in [9.17, 15) is 4.79 Å². The number of hydrogen-bond acceptors (Lipinski definition) is 3. The van der Waals surface area contributed by atoms with Crippen molar-refractivity contribution in [2.24, 2.45) is 13.0 Å². The number of rotatable bonds is 1.